The monoisotopic (exact) mass is 212 g/mol. The van der Waals surface area contributed by atoms with E-state index in [1.165, 1.54) is 38.8 Å². The zero-order chi connectivity index (χ0) is 11.5. The van der Waals surface area contributed by atoms with Crippen LogP contribution in [-0.2, 0) is 0 Å². The minimum absolute atomic E-state index is 0.174. The normalized spacial score (nSPS) is 21.2. The Morgan fingerprint density at radius 3 is 2.00 bits per heavy atom. The van der Waals surface area contributed by atoms with Gasteiger partial charge in [0.1, 0.15) is 0 Å². The van der Waals surface area contributed by atoms with Crippen molar-refractivity contribution in [3.63, 3.8) is 0 Å². The zero-order valence-corrected chi connectivity index (χ0v) is 10.9. The van der Waals surface area contributed by atoms with Crippen LogP contribution in [0.5, 0.6) is 0 Å². The second kappa shape index (κ2) is 5.31. The van der Waals surface area contributed by atoms with Crippen LogP contribution in [0.3, 0.4) is 0 Å². The van der Waals surface area contributed by atoms with Crippen LogP contribution in [0, 0.1) is 5.92 Å². The van der Waals surface area contributed by atoms with Crippen LogP contribution in [0.15, 0.2) is 0 Å². The van der Waals surface area contributed by atoms with Crippen LogP contribution in [0.4, 0.5) is 0 Å². The number of hydrogen-bond acceptors (Lipinski definition) is 2. The molecule has 1 unspecified atom stereocenters. The molecule has 0 saturated carbocycles. The van der Waals surface area contributed by atoms with Crippen LogP contribution < -0.4 is 5.73 Å². The highest BCUT2D eigenvalue weighted by molar-refractivity contribution is 4.96. The molecule has 0 amide bonds. The predicted octanol–water partition coefficient (Wildman–Crippen LogP) is 2.62. The van der Waals surface area contributed by atoms with Crippen molar-refractivity contribution in [1.82, 2.24) is 4.90 Å². The number of rotatable bonds is 5. The largest absolute Gasteiger partial charge is 0.326 e. The number of nitrogens with two attached hydrogens (primary N) is 1. The minimum atomic E-state index is 0.174. The summed E-state index contributed by atoms with van der Waals surface area (Å²) in [6.07, 6.45) is 5.10. The molecule has 0 aromatic carbocycles. The van der Waals surface area contributed by atoms with Crippen molar-refractivity contribution in [2.75, 3.05) is 13.1 Å². The van der Waals surface area contributed by atoms with E-state index in [1.54, 1.807) is 0 Å². The summed E-state index contributed by atoms with van der Waals surface area (Å²) < 4.78 is 0. The van der Waals surface area contributed by atoms with Gasteiger partial charge in [-0.1, -0.05) is 26.7 Å². The van der Waals surface area contributed by atoms with E-state index >= 15 is 0 Å². The Morgan fingerprint density at radius 1 is 1.13 bits per heavy atom. The fourth-order valence-electron chi connectivity index (χ4n) is 2.88. The van der Waals surface area contributed by atoms with Crippen molar-refractivity contribution < 1.29 is 0 Å². The van der Waals surface area contributed by atoms with Crippen LogP contribution >= 0.6 is 0 Å². The Kier molecular flexibility index (Phi) is 4.60. The van der Waals surface area contributed by atoms with Gasteiger partial charge in [-0.25, -0.2) is 0 Å². The molecule has 2 heteroatoms. The highest BCUT2D eigenvalue weighted by atomic mass is 15.2. The molecule has 1 rings (SSSR count). The van der Waals surface area contributed by atoms with E-state index in [0.29, 0.717) is 12.0 Å². The lowest BCUT2D eigenvalue weighted by Gasteiger charge is -2.43. The maximum absolute atomic E-state index is 6.45. The molecular weight excluding hydrogens is 184 g/mol. The fraction of sp³-hybridized carbons (Fsp3) is 1.00. The molecule has 0 aromatic heterocycles. The molecule has 1 aliphatic heterocycles. The summed E-state index contributed by atoms with van der Waals surface area (Å²) in [7, 11) is 0. The van der Waals surface area contributed by atoms with Crippen molar-refractivity contribution in [1.29, 1.82) is 0 Å². The zero-order valence-electron chi connectivity index (χ0n) is 10.9. The van der Waals surface area contributed by atoms with Crippen LogP contribution in [0.2, 0.25) is 0 Å². The topological polar surface area (TPSA) is 29.3 Å². The van der Waals surface area contributed by atoms with Gasteiger partial charge in [-0.15, -0.1) is 0 Å². The molecule has 0 spiro atoms. The van der Waals surface area contributed by atoms with Gasteiger partial charge >= 0.3 is 0 Å². The lowest BCUT2D eigenvalue weighted by atomic mass is 9.81. The van der Waals surface area contributed by atoms with Gasteiger partial charge in [0, 0.05) is 11.6 Å². The summed E-state index contributed by atoms with van der Waals surface area (Å²) in [5.41, 5.74) is 6.63. The summed E-state index contributed by atoms with van der Waals surface area (Å²) in [4.78, 5) is 2.58. The summed E-state index contributed by atoms with van der Waals surface area (Å²) in [5.74, 6) is 0.667. The smallest absolute Gasteiger partial charge is 0.0306 e. The lowest BCUT2D eigenvalue weighted by molar-refractivity contribution is 0.0940. The predicted molar refractivity (Wildman–Crippen MR) is 66.9 cm³/mol. The first-order valence-electron chi connectivity index (χ1n) is 6.54. The molecule has 2 N–H and O–H groups in total. The Hall–Kier alpha value is -0.0800. The van der Waals surface area contributed by atoms with Crippen molar-refractivity contribution in [3.8, 4) is 0 Å². The highest BCUT2D eigenvalue weighted by Crippen LogP contribution is 2.29. The number of hydrogen-bond donors (Lipinski definition) is 1. The van der Waals surface area contributed by atoms with Gasteiger partial charge in [0.05, 0.1) is 0 Å². The van der Waals surface area contributed by atoms with E-state index in [0.717, 1.165) is 0 Å². The fourth-order valence-corrected chi connectivity index (χ4v) is 2.88. The molecule has 1 aliphatic rings. The third-order valence-corrected chi connectivity index (χ3v) is 4.29. The Bertz CT molecular complexity index is 179. The summed E-state index contributed by atoms with van der Waals surface area (Å²) in [6, 6.07) is 0.311. The van der Waals surface area contributed by atoms with Crippen molar-refractivity contribution in [2.45, 2.75) is 65.0 Å². The minimum Gasteiger partial charge on any atom is -0.326 e. The number of nitrogens with zero attached hydrogens (tertiary/aromatic N) is 1. The van der Waals surface area contributed by atoms with Crippen molar-refractivity contribution in [2.24, 2.45) is 11.7 Å². The van der Waals surface area contributed by atoms with Crippen LogP contribution in [-0.4, -0.2) is 29.6 Å². The van der Waals surface area contributed by atoms with Crippen molar-refractivity contribution in [3.05, 3.63) is 0 Å². The van der Waals surface area contributed by atoms with E-state index < -0.39 is 0 Å². The molecule has 0 radical (unpaired) electrons. The summed E-state index contributed by atoms with van der Waals surface area (Å²) >= 11 is 0. The SMILES string of the molecule is CCC(CC)C(N)C(C)(C)N1CCCC1. The average Bonchev–Trinajstić information content (AvgIpc) is 2.72. The van der Waals surface area contributed by atoms with E-state index in [4.69, 9.17) is 5.73 Å². The van der Waals surface area contributed by atoms with E-state index in [1.807, 2.05) is 0 Å². The number of likely N-dealkylation sites (tertiary alicyclic amines) is 1. The van der Waals surface area contributed by atoms with E-state index in [9.17, 15) is 0 Å². The second-order valence-corrected chi connectivity index (χ2v) is 5.45. The molecule has 1 saturated heterocycles. The highest BCUT2D eigenvalue weighted by Gasteiger charge is 2.37. The maximum atomic E-state index is 6.45. The molecule has 15 heavy (non-hydrogen) atoms. The van der Waals surface area contributed by atoms with Gasteiger partial charge in [-0.2, -0.15) is 0 Å². The molecule has 1 atom stereocenters. The van der Waals surface area contributed by atoms with Crippen LogP contribution in [0.1, 0.15) is 53.4 Å². The van der Waals surface area contributed by atoms with Gasteiger partial charge < -0.3 is 5.73 Å². The quantitative estimate of drug-likeness (QED) is 0.759. The summed E-state index contributed by atoms with van der Waals surface area (Å²) in [5, 5.41) is 0. The standard InChI is InChI=1S/C13H28N2/c1-5-11(6-2)12(14)13(3,4)15-9-7-8-10-15/h11-12H,5-10,14H2,1-4H3. The Labute approximate surface area is 95.2 Å². The molecular formula is C13H28N2. The first-order chi connectivity index (χ1) is 7.04. The molecule has 1 fully saturated rings. The lowest BCUT2D eigenvalue weighted by Crippen LogP contribution is -2.57. The molecule has 0 aliphatic carbocycles. The summed E-state index contributed by atoms with van der Waals surface area (Å²) in [6.45, 7) is 11.6. The third-order valence-electron chi connectivity index (χ3n) is 4.29. The maximum Gasteiger partial charge on any atom is 0.0306 e. The van der Waals surface area contributed by atoms with Crippen molar-refractivity contribution >= 4 is 0 Å². The van der Waals surface area contributed by atoms with E-state index in [2.05, 4.69) is 32.6 Å². The average molecular weight is 212 g/mol. The van der Waals surface area contributed by atoms with Gasteiger partial charge in [0.2, 0.25) is 0 Å². The molecule has 1 heterocycles. The van der Waals surface area contributed by atoms with Crippen LogP contribution in [0.25, 0.3) is 0 Å². The molecule has 0 bridgehead atoms. The molecule has 0 aromatic rings. The Morgan fingerprint density at radius 2 is 1.60 bits per heavy atom. The first kappa shape index (κ1) is 13.0. The Balaban J connectivity index is 2.65. The van der Waals surface area contributed by atoms with Gasteiger partial charge in [0.15, 0.2) is 0 Å². The van der Waals surface area contributed by atoms with Gasteiger partial charge in [-0.3, -0.25) is 4.90 Å². The van der Waals surface area contributed by atoms with Gasteiger partial charge in [0.25, 0.3) is 0 Å². The molecule has 2 nitrogen and oxygen atoms in total. The van der Waals surface area contributed by atoms with E-state index in [-0.39, 0.29) is 5.54 Å². The first-order valence-corrected chi connectivity index (χ1v) is 6.54. The van der Waals surface area contributed by atoms with Gasteiger partial charge in [-0.05, 0) is 45.7 Å². The third kappa shape index (κ3) is 2.73. The second-order valence-electron chi connectivity index (χ2n) is 5.45. The molecule has 90 valence electrons.